The molecule has 2 aromatic heterocycles. The highest BCUT2D eigenvalue weighted by Gasteiger charge is 2.23. The minimum absolute atomic E-state index is 0.268. The fraction of sp³-hybridized carbons (Fsp3) is 0.0238. The molecule has 0 amide bonds. The number of rotatable bonds is 5. The Bertz CT molecular complexity index is 2480. The highest BCUT2D eigenvalue weighted by atomic mass is 15.2. The zero-order chi connectivity index (χ0) is 31.2. The van der Waals surface area contributed by atoms with Gasteiger partial charge in [0.15, 0.2) is 5.84 Å². The third-order valence-electron chi connectivity index (χ3n) is 8.82. The molecule has 6 aromatic carbocycles. The van der Waals surface area contributed by atoms with Crippen LogP contribution in [0.2, 0.25) is 0 Å². The first kappa shape index (κ1) is 27.0. The first-order valence-corrected chi connectivity index (χ1v) is 15.8. The number of aromatic nitrogens is 2. The zero-order valence-electron chi connectivity index (χ0n) is 25.5. The lowest BCUT2D eigenvalue weighted by atomic mass is 10.0. The molecule has 0 saturated heterocycles. The van der Waals surface area contributed by atoms with Gasteiger partial charge < -0.3 is 9.88 Å². The molecule has 1 N–H and O–H groups in total. The van der Waals surface area contributed by atoms with E-state index in [1.54, 1.807) is 0 Å². The van der Waals surface area contributed by atoms with Crippen molar-refractivity contribution in [3.05, 3.63) is 180 Å². The molecule has 0 radical (unpaired) electrons. The minimum Gasteiger partial charge on any atom is -0.344 e. The Balaban J connectivity index is 1.28. The Hall–Kier alpha value is -6.33. The van der Waals surface area contributed by atoms with Crippen molar-refractivity contribution in [1.82, 2.24) is 14.9 Å². The summed E-state index contributed by atoms with van der Waals surface area (Å²) >= 11 is 0. The number of pyridine rings is 1. The summed E-state index contributed by atoms with van der Waals surface area (Å²) in [7, 11) is 0. The van der Waals surface area contributed by atoms with Crippen LogP contribution in [0.5, 0.6) is 0 Å². The van der Waals surface area contributed by atoms with Crippen molar-refractivity contribution < 1.29 is 0 Å². The van der Waals surface area contributed by atoms with E-state index >= 15 is 0 Å². The number of nitrogens with zero attached hydrogens (tertiary/aromatic N) is 4. The summed E-state index contributed by atoms with van der Waals surface area (Å²) in [6, 6.07) is 56.7. The molecule has 0 spiro atoms. The third-order valence-corrected chi connectivity index (χ3v) is 8.82. The largest absolute Gasteiger partial charge is 0.344 e. The second-order valence-corrected chi connectivity index (χ2v) is 11.7. The van der Waals surface area contributed by atoms with E-state index in [1.165, 1.54) is 10.8 Å². The van der Waals surface area contributed by atoms with Gasteiger partial charge >= 0.3 is 0 Å². The summed E-state index contributed by atoms with van der Waals surface area (Å²) < 4.78 is 2.36. The van der Waals surface area contributed by atoms with Gasteiger partial charge in [0, 0.05) is 38.5 Å². The quantitative estimate of drug-likeness (QED) is 0.213. The molecule has 3 heterocycles. The average Bonchev–Trinajstić information content (AvgIpc) is 3.51. The van der Waals surface area contributed by atoms with Crippen LogP contribution in [0.4, 0.5) is 0 Å². The molecule has 5 heteroatoms. The molecule has 8 aromatic rings. The Labute approximate surface area is 272 Å². The standard InChI is InChI=1S/C42H29N5/c1-4-15-28(16-5-1)38-39-37(33-23-10-12-25-35(33)43-38)34-24-11-13-26-36(34)47(39)32-22-14-21-31(27-32)42-45-40(29-17-6-2-7-18-29)44-41(46-42)30-19-8-3-9-20-30/h1-27,40H,(H,44,45,46). The van der Waals surface area contributed by atoms with E-state index in [1.807, 2.05) is 42.5 Å². The van der Waals surface area contributed by atoms with Gasteiger partial charge in [-0.3, -0.25) is 0 Å². The normalized spacial score (nSPS) is 14.6. The van der Waals surface area contributed by atoms with E-state index in [0.717, 1.165) is 61.4 Å². The summed E-state index contributed by atoms with van der Waals surface area (Å²) in [5.74, 6) is 1.49. The van der Waals surface area contributed by atoms with Crippen LogP contribution >= 0.6 is 0 Å². The van der Waals surface area contributed by atoms with E-state index in [2.05, 4.69) is 131 Å². The Morgan fingerprint density at radius 2 is 1.19 bits per heavy atom. The van der Waals surface area contributed by atoms with Crippen molar-refractivity contribution in [3.8, 4) is 16.9 Å². The van der Waals surface area contributed by atoms with E-state index in [0.29, 0.717) is 5.84 Å². The number of benzene rings is 6. The van der Waals surface area contributed by atoms with Crippen LogP contribution < -0.4 is 5.32 Å². The molecule has 1 aliphatic heterocycles. The third kappa shape index (κ3) is 4.68. The number of para-hydroxylation sites is 2. The van der Waals surface area contributed by atoms with Crippen molar-refractivity contribution in [2.75, 3.05) is 0 Å². The zero-order valence-corrected chi connectivity index (χ0v) is 25.5. The van der Waals surface area contributed by atoms with Crippen LogP contribution in [-0.2, 0) is 0 Å². The summed E-state index contributed by atoms with van der Waals surface area (Å²) in [5, 5.41) is 7.17. The van der Waals surface area contributed by atoms with Crippen molar-refractivity contribution >= 4 is 44.4 Å². The van der Waals surface area contributed by atoms with E-state index in [-0.39, 0.29) is 6.17 Å². The average molecular weight is 604 g/mol. The topological polar surface area (TPSA) is 54.6 Å². The minimum atomic E-state index is -0.268. The van der Waals surface area contributed by atoms with Crippen molar-refractivity contribution in [3.63, 3.8) is 0 Å². The predicted octanol–water partition coefficient (Wildman–Crippen LogP) is 9.49. The molecule has 1 unspecified atom stereocenters. The lowest BCUT2D eigenvalue weighted by molar-refractivity contribution is 0.674. The fourth-order valence-corrected chi connectivity index (χ4v) is 6.67. The number of hydrogen-bond donors (Lipinski definition) is 1. The van der Waals surface area contributed by atoms with Gasteiger partial charge in [0.25, 0.3) is 0 Å². The first-order chi connectivity index (χ1) is 23.3. The van der Waals surface area contributed by atoms with Crippen LogP contribution in [0.1, 0.15) is 22.9 Å². The Morgan fingerprint density at radius 3 is 1.98 bits per heavy atom. The molecule has 5 nitrogen and oxygen atoms in total. The second kappa shape index (κ2) is 11.2. The van der Waals surface area contributed by atoms with Gasteiger partial charge in [-0.2, -0.15) is 0 Å². The molecule has 47 heavy (non-hydrogen) atoms. The monoisotopic (exact) mass is 603 g/mol. The number of aliphatic imine (C=N–C) groups is 2. The highest BCUT2D eigenvalue weighted by molar-refractivity contribution is 6.23. The summed E-state index contributed by atoms with van der Waals surface area (Å²) in [6.45, 7) is 0. The van der Waals surface area contributed by atoms with Gasteiger partial charge in [0.05, 0.1) is 22.2 Å². The van der Waals surface area contributed by atoms with Gasteiger partial charge in [-0.25, -0.2) is 15.0 Å². The number of amidine groups is 2. The maximum absolute atomic E-state index is 5.28. The van der Waals surface area contributed by atoms with Crippen LogP contribution in [0, 0.1) is 0 Å². The number of fused-ring (bicyclic) bond motifs is 5. The van der Waals surface area contributed by atoms with Gasteiger partial charge in [-0.15, -0.1) is 0 Å². The van der Waals surface area contributed by atoms with Gasteiger partial charge in [0.2, 0.25) is 0 Å². The lowest BCUT2D eigenvalue weighted by Crippen LogP contribution is -2.33. The van der Waals surface area contributed by atoms with Crippen LogP contribution in [-0.4, -0.2) is 21.2 Å². The SMILES string of the molecule is c1ccc(C2=NC(c3ccccc3)NC(c3cccc(-n4c5ccccc5c5c6ccccc6nc(-c6ccccc6)c54)c3)=N2)cc1. The Morgan fingerprint density at radius 1 is 0.553 bits per heavy atom. The van der Waals surface area contributed by atoms with Gasteiger partial charge in [-0.05, 0) is 29.8 Å². The first-order valence-electron chi connectivity index (χ1n) is 15.8. The molecule has 1 aliphatic rings. The van der Waals surface area contributed by atoms with Gasteiger partial charge in [0.1, 0.15) is 12.0 Å². The molecule has 9 rings (SSSR count). The fourth-order valence-electron chi connectivity index (χ4n) is 6.67. The molecular formula is C42H29N5. The summed E-state index contributed by atoms with van der Waals surface area (Å²) in [5.41, 5.74) is 9.31. The van der Waals surface area contributed by atoms with E-state index in [4.69, 9.17) is 15.0 Å². The number of hydrogen-bond acceptors (Lipinski definition) is 4. The van der Waals surface area contributed by atoms with E-state index in [9.17, 15) is 0 Å². The molecule has 0 saturated carbocycles. The van der Waals surface area contributed by atoms with E-state index < -0.39 is 0 Å². The van der Waals surface area contributed by atoms with Crippen LogP contribution in [0.15, 0.2) is 174 Å². The molecular weight excluding hydrogens is 574 g/mol. The molecule has 0 bridgehead atoms. The summed E-state index contributed by atoms with van der Waals surface area (Å²) in [4.78, 5) is 15.4. The maximum Gasteiger partial charge on any atom is 0.159 e. The van der Waals surface area contributed by atoms with Crippen LogP contribution in [0.25, 0.3) is 49.7 Å². The van der Waals surface area contributed by atoms with Crippen molar-refractivity contribution in [2.45, 2.75) is 6.17 Å². The smallest absolute Gasteiger partial charge is 0.159 e. The summed E-state index contributed by atoms with van der Waals surface area (Å²) in [6.07, 6.45) is -0.268. The molecule has 222 valence electrons. The highest BCUT2D eigenvalue weighted by Crippen LogP contribution is 2.41. The van der Waals surface area contributed by atoms with Crippen molar-refractivity contribution in [2.24, 2.45) is 9.98 Å². The molecule has 0 fully saturated rings. The van der Waals surface area contributed by atoms with Crippen molar-refractivity contribution in [1.29, 1.82) is 0 Å². The molecule has 1 atom stereocenters. The lowest BCUT2D eigenvalue weighted by Gasteiger charge is -2.24. The maximum atomic E-state index is 5.28. The van der Waals surface area contributed by atoms with Crippen LogP contribution in [0.3, 0.4) is 0 Å². The molecule has 0 aliphatic carbocycles. The Kier molecular flexibility index (Phi) is 6.46. The second-order valence-electron chi connectivity index (χ2n) is 11.7. The number of nitrogens with one attached hydrogen (secondary N) is 1. The predicted molar refractivity (Wildman–Crippen MR) is 193 cm³/mol. The van der Waals surface area contributed by atoms with Gasteiger partial charge in [-0.1, -0.05) is 140 Å².